The van der Waals surface area contributed by atoms with Gasteiger partial charge in [0.05, 0.1) is 5.56 Å². The highest BCUT2D eigenvalue weighted by Crippen LogP contribution is 2.51. The van der Waals surface area contributed by atoms with Crippen LogP contribution in [-0.4, -0.2) is 35.2 Å². The number of nitrogens with zero attached hydrogens (tertiary/aromatic N) is 1. The molecule has 3 atom stereocenters. The lowest BCUT2D eigenvalue weighted by Gasteiger charge is -2.33. The van der Waals surface area contributed by atoms with Gasteiger partial charge in [0, 0.05) is 30.3 Å². The third kappa shape index (κ3) is 4.12. The lowest BCUT2D eigenvalue weighted by molar-refractivity contribution is -0.133. The number of likely N-dealkylation sites (tertiary alicyclic amines) is 1. The monoisotopic (exact) mass is 428 g/mol. The van der Waals surface area contributed by atoms with Gasteiger partial charge in [-0.05, 0) is 61.3 Å². The van der Waals surface area contributed by atoms with Gasteiger partial charge in [-0.1, -0.05) is 42.3 Å². The molecule has 3 nitrogen and oxygen atoms in total. The van der Waals surface area contributed by atoms with Crippen LogP contribution in [0.3, 0.4) is 0 Å². The summed E-state index contributed by atoms with van der Waals surface area (Å²) >= 11 is 1.83. The second-order valence-electron chi connectivity index (χ2n) is 8.69. The summed E-state index contributed by atoms with van der Waals surface area (Å²) in [7, 11) is 0. The molecule has 1 heterocycles. The van der Waals surface area contributed by atoms with Gasteiger partial charge in [0.1, 0.15) is 11.6 Å². The summed E-state index contributed by atoms with van der Waals surface area (Å²) < 4.78 is 32.4. The quantitative estimate of drug-likeness (QED) is 0.648. The minimum absolute atomic E-state index is 0.00513. The van der Waals surface area contributed by atoms with Crippen LogP contribution in [0.4, 0.5) is 8.78 Å². The fourth-order valence-corrected chi connectivity index (χ4v) is 5.45. The molecule has 3 aliphatic rings. The molecule has 1 amide bonds. The van der Waals surface area contributed by atoms with Gasteiger partial charge in [0.15, 0.2) is 0 Å². The van der Waals surface area contributed by atoms with Gasteiger partial charge in [0.2, 0.25) is 5.91 Å². The van der Waals surface area contributed by atoms with Crippen LogP contribution < -0.4 is 4.72 Å². The zero-order chi connectivity index (χ0) is 20.7. The first-order valence-corrected chi connectivity index (χ1v) is 11.7. The van der Waals surface area contributed by atoms with Crippen molar-refractivity contribution in [1.82, 2.24) is 9.62 Å². The van der Waals surface area contributed by atoms with E-state index in [-0.39, 0.29) is 23.3 Å². The second-order valence-corrected chi connectivity index (χ2v) is 9.83. The molecule has 5 rings (SSSR count). The van der Waals surface area contributed by atoms with E-state index in [1.54, 1.807) is 12.1 Å². The van der Waals surface area contributed by atoms with Gasteiger partial charge in [-0.15, -0.1) is 0 Å². The van der Waals surface area contributed by atoms with Gasteiger partial charge < -0.3 is 4.90 Å². The third-order valence-corrected chi connectivity index (χ3v) is 7.63. The number of halogens is 2. The number of hydrogen-bond donors (Lipinski definition) is 1. The minimum Gasteiger partial charge on any atom is -0.341 e. The first-order chi connectivity index (χ1) is 14.6. The summed E-state index contributed by atoms with van der Waals surface area (Å²) in [5.41, 5.74) is 1.44. The van der Waals surface area contributed by atoms with E-state index in [1.165, 1.54) is 31.0 Å². The molecule has 0 aromatic heterocycles. The van der Waals surface area contributed by atoms with Crippen LogP contribution in [0.2, 0.25) is 0 Å². The highest BCUT2D eigenvalue weighted by atomic mass is 32.2. The Hall–Kier alpha value is -1.92. The van der Waals surface area contributed by atoms with Crippen molar-refractivity contribution in [2.24, 2.45) is 5.92 Å². The van der Waals surface area contributed by atoms with Crippen molar-refractivity contribution in [2.45, 2.75) is 49.3 Å². The zero-order valence-electron chi connectivity index (χ0n) is 16.8. The van der Waals surface area contributed by atoms with E-state index < -0.39 is 11.6 Å². The molecular weight excluding hydrogens is 402 g/mol. The molecule has 0 bridgehead atoms. The number of benzene rings is 2. The fraction of sp³-hybridized carbons (Fsp3) is 0.458. The molecule has 2 aromatic rings. The summed E-state index contributed by atoms with van der Waals surface area (Å²) in [6, 6.07) is 11.6. The molecule has 158 valence electrons. The Labute approximate surface area is 180 Å². The predicted octanol–water partition coefficient (Wildman–Crippen LogP) is 5.13. The summed E-state index contributed by atoms with van der Waals surface area (Å²) in [6.07, 6.45) is 5.45. The first kappa shape index (κ1) is 20.0. The smallest absolute Gasteiger partial charge is 0.226 e. The number of hydrogen-bond acceptors (Lipinski definition) is 3. The number of piperidine rings is 1. The normalized spacial score (nSPS) is 25.9. The molecule has 0 spiro atoms. The number of carbonyl (C=O) groups excluding carboxylic acids is 1. The lowest BCUT2D eigenvalue weighted by atomic mass is 9.95. The lowest BCUT2D eigenvalue weighted by Crippen LogP contribution is -2.47. The Morgan fingerprint density at radius 2 is 1.80 bits per heavy atom. The van der Waals surface area contributed by atoms with Gasteiger partial charge in [-0.2, -0.15) is 0 Å². The maximum absolute atomic E-state index is 14.4. The van der Waals surface area contributed by atoms with Crippen molar-refractivity contribution >= 4 is 17.9 Å². The van der Waals surface area contributed by atoms with Gasteiger partial charge in [-0.3, -0.25) is 9.52 Å². The summed E-state index contributed by atoms with van der Waals surface area (Å²) in [5, 5.41) is 0.749. The van der Waals surface area contributed by atoms with Crippen LogP contribution >= 0.6 is 11.9 Å². The molecule has 0 radical (unpaired) electrons. The second kappa shape index (κ2) is 8.31. The molecule has 2 aromatic carbocycles. The topological polar surface area (TPSA) is 32.3 Å². The molecular formula is C24H26F2N2OS. The van der Waals surface area contributed by atoms with E-state index in [9.17, 15) is 13.6 Å². The van der Waals surface area contributed by atoms with E-state index >= 15 is 0 Å². The number of nitrogens with one attached hydrogen (secondary N) is 1. The maximum atomic E-state index is 14.4. The van der Waals surface area contributed by atoms with Crippen LogP contribution in [0.5, 0.6) is 0 Å². The molecule has 3 fully saturated rings. The zero-order valence-corrected chi connectivity index (χ0v) is 17.6. The standard InChI is InChI=1S/C24H26F2N2OS/c25-21-8-3-9-22(26)23(21)18-7-2-1-6-17(18)19-13-20(19)24(29)28-12-4-5-15(14-28)27-30-16-10-11-16/h1-3,6-9,15-16,19-20,27H,4-5,10-14H2. The van der Waals surface area contributed by atoms with Crippen molar-refractivity contribution < 1.29 is 13.6 Å². The van der Waals surface area contributed by atoms with Crippen molar-refractivity contribution in [1.29, 1.82) is 0 Å². The van der Waals surface area contributed by atoms with Crippen LogP contribution in [0, 0.1) is 17.6 Å². The summed E-state index contributed by atoms with van der Waals surface area (Å²) in [5.74, 6) is -1.00. The van der Waals surface area contributed by atoms with Gasteiger partial charge >= 0.3 is 0 Å². The van der Waals surface area contributed by atoms with Crippen LogP contribution in [0.25, 0.3) is 11.1 Å². The highest BCUT2D eigenvalue weighted by molar-refractivity contribution is 7.98. The maximum Gasteiger partial charge on any atom is 0.226 e. The molecule has 1 saturated heterocycles. The Balaban J connectivity index is 1.29. The average Bonchev–Trinajstić information content (AvgIpc) is 3.67. The Bertz CT molecular complexity index is 928. The van der Waals surface area contributed by atoms with Crippen LogP contribution in [0.1, 0.15) is 43.6 Å². The predicted molar refractivity (Wildman–Crippen MR) is 116 cm³/mol. The van der Waals surface area contributed by atoms with Gasteiger partial charge in [0.25, 0.3) is 0 Å². The molecule has 6 heteroatoms. The van der Waals surface area contributed by atoms with Crippen LogP contribution in [-0.2, 0) is 4.79 Å². The largest absolute Gasteiger partial charge is 0.341 e. The first-order valence-electron chi connectivity index (χ1n) is 10.8. The van der Waals surface area contributed by atoms with E-state index in [1.807, 2.05) is 29.0 Å². The molecule has 2 aliphatic carbocycles. The Kier molecular flexibility index (Phi) is 5.54. The number of amides is 1. The molecule has 1 aliphatic heterocycles. The van der Waals surface area contributed by atoms with Crippen molar-refractivity contribution in [3.05, 3.63) is 59.7 Å². The summed E-state index contributed by atoms with van der Waals surface area (Å²) in [4.78, 5) is 15.2. The van der Waals surface area contributed by atoms with E-state index in [4.69, 9.17) is 0 Å². The minimum atomic E-state index is -0.566. The van der Waals surface area contributed by atoms with Gasteiger partial charge in [-0.25, -0.2) is 8.78 Å². The highest BCUT2D eigenvalue weighted by Gasteiger charge is 2.47. The van der Waals surface area contributed by atoms with Crippen molar-refractivity contribution in [3.8, 4) is 11.1 Å². The number of carbonyl (C=O) groups is 1. The molecule has 30 heavy (non-hydrogen) atoms. The molecule has 1 N–H and O–H groups in total. The Morgan fingerprint density at radius 3 is 2.57 bits per heavy atom. The SMILES string of the molecule is O=C(C1CC1c1ccccc1-c1c(F)cccc1F)N1CCCC(NSC2CC2)C1. The summed E-state index contributed by atoms with van der Waals surface area (Å²) in [6.45, 7) is 1.56. The van der Waals surface area contributed by atoms with E-state index in [2.05, 4.69) is 4.72 Å². The Morgan fingerprint density at radius 1 is 1.03 bits per heavy atom. The number of rotatable bonds is 6. The van der Waals surface area contributed by atoms with E-state index in [0.29, 0.717) is 11.6 Å². The van der Waals surface area contributed by atoms with Crippen molar-refractivity contribution in [2.75, 3.05) is 13.1 Å². The van der Waals surface area contributed by atoms with Crippen molar-refractivity contribution in [3.63, 3.8) is 0 Å². The average molecular weight is 429 g/mol. The third-order valence-electron chi connectivity index (χ3n) is 6.36. The van der Waals surface area contributed by atoms with Crippen LogP contribution in [0.15, 0.2) is 42.5 Å². The molecule has 3 unspecified atom stereocenters. The van der Waals surface area contributed by atoms with E-state index in [0.717, 1.165) is 43.2 Å². The fourth-order valence-electron chi connectivity index (χ4n) is 4.50. The molecule has 2 saturated carbocycles.